The van der Waals surface area contributed by atoms with Crippen molar-refractivity contribution in [1.82, 2.24) is 5.32 Å². The fraction of sp³-hybridized carbons (Fsp3) is 0.625. The molecule has 1 aliphatic carbocycles. The first-order chi connectivity index (χ1) is 9.74. The number of rotatable bonds is 7. The van der Waals surface area contributed by atoms with E-state index in [1.165, 1.54) is 5.56 Å². The molecule has 2 rings (SSSR count). The first kappa shape index (κ1) is 15.1. The Balaban J connectivity index is 1.87. The van der Waals surface area contributed by atoms with Crippen LogP contribution in [0.1, 0.15) is 31.7 Å². The van der Waals surface area contributed by atoms with Gasteiger partial charge in [-0.25, -0.2) is 0 Å². The van der Waals surface area contributed by atoms with Crippen LogP contribution in [0.4, 0.5) is 0 Å². The van der Waals surface area contributed by atoms with Gasteiger partial charge < -0.3 is 19.9 Å². The molecule has 0 saturated heterocycles. The summed E-state index contributed by atoms with van der Waals surface area (Å²) in [6.07, 6.45) is 3.09. The van der Waals surface area contributed by atoms with Crippen molar-refractivity contribution in [3.8, 4) is 11.5 Å². The van der Waals surface area contributed by atoms with Gasteiger partial charge >= 0.3 is 0 Å². The van der Waals surface area contributed by atoms with E-state index in [-0.39, 0.29) is 6.10 Å². The molecule has 1 saturated carbocycles. The molecule has 0 aliphatic heterocycles. The van der Waals surface area contributed by atoms with Crippen molar-refractivity contribution in [2.75, 3.05) is 20.3 Å². The molecular weight excluding hydrogens is 254 g/mol. The van der Waals surface area contributed by atoms with Crippen LogP contribution >= 0.6 is 0 Å². The van der Waals surface area contributed by atoms with E-state index in [0.29, 0.717) is 12.5 Å². The van der Waals surface area contributed by atoms with Gasteiger partial charge in [-0.3, -0.25) is 0 Å². The Morgan fingerprint density at radius 2 is 2.15 bits per heavy atom. The summed E-state index contributed by atoms with van der Waals surface area (Å²) >= 11 is 0. The molecule has 1 aliphatic rings. The number of hydrogen-bond donors (Lipinski definition) is 2. The molecule has 0 aromatic heterocycles. The van der Waals surface area contributed by atoms with Crippen LogP contribution in [0, 0.1) is 5.92 Å². The van der Waals surface area contributed by atoms with Crippen LogP contribution < -0.4 is 14.8 Å². The van der Waals surface area contributed by atoms with E-state index in [1.807, 2.05) is 25.1 Å². The first-order valence-corrected chi connectivity index (χ1v) is 7.43. The normalized spacial score (nSPS) is 21.9. The summed E-state index contributed by atoms with van der Waals surface area (Å²) in [6, 6.07) is 5.99. The zero-order chi connectivity index (χ0) is 14.4. The zero-order valence-corrected chi connectivity index (χ0v) is 12.4. The molecule has 4 nitrogen and oxygen atoms in total. The van der Waals surface area contributed by atoms with Gasteiger partial charge in [0.1, 0.15) is 0 Å². The molecule has 2 unspecified atom stereocenters. The zero-order valence-electron chi connectivity index (χ0n) is 12.4. The van der Waals surface area contributed by atoms with Crippen LogP contribution in [0.3, 0.4) is 0 Å². The van der Waals surface area contributed by atoms with Crippen molar-refractivity contribution in [1.29, 1.82) is 0 Å². The van der Waals surface area contributed by atoms with Crippen molar-refractivity contribution in [3.05, 3.63) is 23.8 Å². The molecule has 0 amide bonds. The minimum Gasteiger partial charge on any atom is -0.493 e. The summed E-state index contributed by atoms with van der Waals surface area (Å²) in [5.74, 6) is 1.96. The summed E-state index contributed by atoms with van der Waals surface area (Å²) in [7, 11) is 1.65. The van der Waals surface area contributed by atoms with Crippen LogP contribution in [-0.2, 0) is 6.54 Å². The standard InChI is InChI=1S/C16H25NO3/c1-3-20-16-9-12(7-8-15(16)19-2)10-17-11-13-5-4-6-14(13)18/h7-9,13-14,17-18H,3-6,10-11H2,1-2H3. The lowest BCUT2D eigenvalue weighted by molar-refractivity contribution is 0.131. The molecule has 0 radical (unpaired) electrons. The van der Waals surface area contributed by atoms with Crippen LogP contribution in [0.5, 0.6) is 11.5 Å². The third-order valence-electron chi connectivity index (χ3n) is 3.88. The second kappa shape index (κ2) is 7.50. The molecule has 1 aromatic rings. The maximum Gasteiger partial charge on any atom is 0.161 e. The number of benzene rings is 1. The molecule has 0 heterocycles. The summed E-state index contributed by atoms with van der Waals surface area (Å²) < 4.78 is 10.8. The predicted octanol–water partition coefficient (Wildman–Crippen LogP) is 2.34. The molecule has 1 aromatic carbocycles. The molecule has 20 heavy (non-hydrogen) atoms. The largest absolute Gasteiger partial charge is 0.493 e. The van der Waals surface area contributed by atoms with Gasteiger partial charge in [0.2, 0.25) is 0 Å². The molecule has 1 fully saturated rings. The van der Waals surface area contributed by atoms with E-state index < -0.39 is 0 Å². The van der Waals surface area contributed by atoms with Gasteiger partial charge in [0.05, 0.1) is 19.8 Å². The lowest BCUT2D eigenvalue weighted by Crippen LogP contribution is -2.27. The van der Waals surface area contributed by atoms with E-state index in [2.05, 4.69) is 5.32 Å². The molecule has 2 atom stereocenters. The molecule has 112 valence electrons. The Kier molecular flexibility index (Phi) is 5.68. The summed E-state index contributed by atoms with van der Waals surface area (Å²) in [6.45, 7) is 4.25. The van der Waals surface area contributed by atoms with Crippen LogP contribution in [0.2, 0.25) is 0 Å². The van der Waals surface area contributed by atoms with E-state index in [9.17, 15) is 5.11 Å². The SMILES string of the molecule is CCOc1cc(CNCC2CCCC2O)ccc1OC. The quantitative estimate of drug-likeness (QED) is 0.804. The Morgan fingerprint density at radius 3 is 2.80 bits per heavy atom. The maximum atomic E-state index is 9.79. The number of nitrogens with one attached hydrogen (secondary N) is 1. The monoisotopic (exact) mass is 279 g/mol. The van der Waals surface area contributed by atoms with Crippen LogP contribution in [-0.4, -0.2) is 31.5 Å². The smallest absolute Gasteiger partial charge is 0.161 e. The lowest BCUT2D eigenvalue weighted by atomic mass is 10.1. The van der Waals surface area contributed by atoms with Gasteiger partial charge in [0.15, 0.2) is 11.5 Å². The highest BCUT2D eigenvalue weighted by Gasteiger charge is 2.24. The fourth-order valence-electron chi connectivity index (χ4n) is 2.76. The van der Waals surface area contributed by atoms with E-state index in [0.717, 1.165) is 43.9 Å². The van der Waals surface area contributed by atoms with Crippen molar-refractivity contribution in [2.45, 2.75) is 38.8 Å². The summed E-state index contributed by atoms with van der Waals surface area (Å²) in [5, 5.41) is 13.2. The Labute approximate surface area is 121 Å². The third-order valence-corrected chi connectivity index (χ3v) is 3.88. The van der Waals surface area contributed by atoms with E-state index in [4.69, 9.17) is 9.47 Å². The maximum absolute atomic E-state index is 9.79. The average molecular weight is 279 g/mol. The van der Waals surface area contributed by atoms with E-state index in [1.54, 1.807) is 7.11 Å². The Hall–Kier alpha value is -1.26. The van der Waals surface area contributed by atoms with Gasteiger partial charge in [-0.15, -0.1) is 0 Å². The van der Waals surface area contributed by atoms with Crippen molar-refractivity contribution >= 4 is 0 Å². The van der Waals surface area contributed by atoms with Gasteiger partial charge in [0, 0.05) is 13.1 Å². The fourth-order valence-corrected chi connectivity index (χ4v) is 2.76. The van der Waals surface area contributed by atoms with Crippen LogP contribution in [0.15, 0.2) is 18.2 Å². The Bertz CT molecular complexity index is 422. The van der Waals surface area contributed by atoms with Crippen LogP contribution in [0.25, 0.3) is 0 Å². The lowest BCUT2D eigenvalue weighted by Gasteiger charge is -2.16. The number of hydrogen-bond acceptors (Lipinski definition) is 4. The molecule has 4 heteroatoms. The van der Waals surface area contributed by atoms with Crippen molar-refractivity contribution in [3.63, 3.8) is 0 Å². The number of aliphatic hydroxyl groups is 1. The number of methoxy groups -OCH3 is 1. The van der Waals surface area contributed by atoms with Gasteiger partial charge in [-0.05, 0) is 43.4 Å². The van der Waals surface area contributed by atoms with Gasteiger partial charge in [-0.1, -0.05) is 12.5 Å². The second-order valence-corrected chi connectivity index (χ2v) is 5.31. The minimum atomic E-state index is -0.127. The van der Waals surface area contributed by atoms with Gasteiger partial charge in [0.25, 0.3) is 0 Å². The van der Waals surface area contributed by atoms with Crippen molar-refractivity contribution in [2.24, 2.45) is 5.92 Å². The number of ether oxygens (including phenoxy) is 2. The second-order valence-electron chi connectivity index (χ2n) is 5.31. The summed E-state index contributed by atoms with van der Waals surface area (Å²) in [4.78, 5) is 0. The molecule has 2 N–H and O–H groups in total. The average Bonchev–Trinajstić information content (AvgIpc) is 2.85. The van der Waals surface area contributed by atoms with Crippen molar-refractivity contribution < 1.29 is 14.6 Å². The first-order valence-electron chi connectivity index (χ1n) is 7.43. The predicted molar refractivity (Wildman–Crippen MR) is 79.2 cm³/mol. The third kappa shape index (κ3) is 3.87. The molecule has 0 bridgehead atoms. The highest BCUT2D eigenvalue weighted by atomic mass is 16.5. The topological polar surface area (TPSA) is 50.7 Å². The summed E-state index contributed by atoms with van der Waals surface area (Å²) in [5.41, 5.74) is 1.17. The highest BCUT2D eigenvalue weighted by molar-refractivity contribution is 5.42. The Morgan fingerprint density at radius 1 is 1.30 bits per heavy atom. The number of aliphatic hydroxyl groups excluding tert-OH is 1. The van der Waals surface area contributed by atoms with E-state index >= 15 is 0 Å². The minimum absolute atomic E-state index is 0.127. The molecule has 0 spiro atoms. The highest BCUT2D eigenvalue weighted by Crippen LogP contribution is 2.28. The molecular formula is C16H25NO3. The van der Waals surface area contributed by atoms with Gasteiger partial charge in [-0.2, -0.15) is 0 Å².